The fraction of sp³-hybridized carbons (Fsp3) is 0. The van der Waals surface area contributed by atoms with Crippen molar-refractivity contribution in [1.29, 1.82) is 0 Å². The maximum atomic E-state index is 12.1. The third-order valence-corrected chi connectivity index (χ3v) is 3.41. The Kier molecular flexibility index (Phi) is 5.28. The largest absolute Gasteiger partial charge is 0.323 e. The number of halogens is 2. The number of benzene rings is 2. The zero-order valence-electron chi connectivity index (χ0n) is 12.4. The van der Waals surface area contributed by atoms with Crippen molar-refractivity contribution in [2.75, 3.05) is 10.6 Å². The summed E-state index contributed by atoms with van der Waals surface area (Å²) in [6.45, 7) is 0. The lowest BCUT2D eigenvalue weighted by Crippen LogP contribution is -2.46. The number of hydrogen-bond donors (Lipinski definition) is 6. The van der Waals surface area contributed by atoms with Gasteiger partial charge in [0.15, 0.2) is 0 Å². The van der Waals surface area contributed by atoms with Crippen LogP contribution in [0.15, 0.2) is 36.4 Å². The molecular weight excluding hydrogens is 351 g/mol. The molecule has 0 saturated heterocycles. The van der Waals surface area contributed by atoms with Crippen molar-refractivity contribution in [3.8, 4) is 0 Å². The lowest BCUT2D eigenvalue weighted by Gasteiger charge is -2.10. The van der Waals surface area contributed by atoms with Crippen molar-refractivity contribution >= 4 is 52.3 Å². The lowest BCUT2D eigenvalue weighted by atomic mass is 10.2. The summed E-state index contributed by atoms with van der Waals surface area (Å²) in [6.07, 6.45) is 0. The van der Waals surface area contributed by atoms with Gasteiger partial charge < -0.3 is 10.6 Å². The summed E-state index contributed by atoms with van der Waals surface area (Å²) < 4.78 is 0. The lowest BCUT2D eigenvalue weighted by molar-refractivity contribution is -0.115. The van der Waals surface area contributed by atoms with Crippen molar-refractivity contribution < 1.29 is 15.6 Å². The molecule has 0 aliphatic carbocycles. The van der Waals surface area contributed by atoms with E-state index in [-0.39, 0.29) is 11.7 Å². The van der Waals surface area contributed by atoms with Gasteiger partial charge in [0.05, 0.1) is 11.1 Å². The molecule has 0 aromatic heterocycles. The molecule has 2 aromatic rings. The summed E-state index contributed by atoms with van der Waals surface area (Å²) in [5.41, 5.74) is 12.9. The van der Waals surface area contributed by atoms with Crippen LogP contribution >= 0.6 is 23.2 Å². The number of amidine groups is 2. The van der Waals surface area contributed by atoms with E-state index < -0.39 is 6.03 Å². The van der Waals surface area contributed by atoms with Gasteiger partial charge in [-0.3, -0.25) is 22.3 Å². The molecule has 24 heavy (non-hydrogen) atoms. The van der Waals surface area contributed by atoms with Crippen LogP contribution in [0.3, 0.4) is 0 Å². The van der Waals surface area contributed by atoms with Gasteiger partial charge in [0.25, 0.3) is 11.7 Å². The Morgan fingerprint density at radius 2 is 1.17 bits per heavy atom. The summed E-state index contributed by atoms with van der Waals surface area (Å²) in [5, 5.41) is 17.1. The second-order valence-electron chi connectivity index (χ2n) is 4.95. The van der Waals surface area contributed by atoms with Crippen molar-refractivity contribution in [2.45, 2.75) is 0 Å². The summed E-state index contributed by atoms with van der Waals surface area (Å²) >= 11 is 11.9. The average Bonchev–Trinajstić information content (AvgIpc) is 2.45. The predicted octanol–water partition coefficient (Wildman–Crippen LogP) is -0.434. The van der Waals surface area contributed by atoms with Crippen LogP contribution in [0.4, 0.5) is 16.2 Å². The van der Waals surface area contributed by atoms with E-state index in [2.05, 4.69) is 10.6 Å². The number of nitrogens with one attached hydrogen (secondary N) is 2. The maximum Gasteiger partial charge on any atom is 0.323 e. The molecule has 0 bridgehead atoms. The first-order chi connectivity index (χ1) is 11.2. The fourth-order valence-electron chi connectivity index (χ4n) is 1.95. The zero-order valence-corrected chi connectivity index (χ0v) is 13.9. The van der Waals surface area contributed by atoms with Crippen molar-refractivity contribution in [3.63, 3.8) is 0 Å². The highest BCUT2D eigenvalue weighted by molar-refractivity contribution is 6.31. The van der Waals surface area contributed by atoms with Crippen LogP contribution in [0.1, 0.15) is 11.1 Å². The molecule has 0 aliphatic heterocycles. The minimum atomic E-state index is -0.511. The van der Waals surface area contributed by atoms with E-state index in [9.17, 15) is 4.79 Å². The van der Waals surface area contributed by atoms with E-state index in [0.717, 1.165) is 0 Å². The molecule has 7 nitrogen and oxygen atoms in total. The number of anilines is 2. The third-order valence-electron chi connectivity index (χ3n) is 2.98. The summed E-state index contributed by atoms with van der Waals surface area (Å²) in [5.74, 6) is 0.184. The molecule has 2 aromatic carbocycles. The maximum absolute atomic E-state index is 12.1. The monoisotopic (exact) mass is 366 g/mol. The number of urea groups is 1. The van der Waals surface area contributed by atoms with Gasteiger partial charge in [-0.1, -0.05) is 23.2 Å². The normalized spacial score (nSPS) is 10.1. The molecule has 0 aliphatic rings. The van der Waals surface area contributed by atoms with Gasteiger partial charge in [-0.05, 0) is 36.4 Å². The Balaban J connectivity index is 2.17. The Morgan fingerprint density at radius 3 is 1.50 bits per heavy atom. The van der Waals surface area contributed by atoms with E-state index in [4.69, 9.17) is 45.5 Å². The minimum absolute atomic E-state index is 0.0920. The van der Waals surface area contributed by atoms with E-state index in [0.29, 0.717) is 32.5 Å². The van der Waals surface area contributed by atoms with E-state index >= 15 is 0 Å². The van der Waals surface area contributed by atoms with Gasteiger partial charge in [0, 0.05) is 21.4 Å². The molecule has 0 unspecified atom stereocenters. The molecule has 0 fully saturated rings. The zero-order chi connectivity index (χ0) is 17.9. The molecule has 0 radical (unpaired) electrons. The first-order valence-electron chi connectivity index (χ1n) is 6.70. The van der Waals surface area contributed by atoms with Crippen molar-refractivity contribution in [2.24, 2.45) is 11.5 Å². The molecular formula is C15H16Cl2N6O+2. The molecule has 2 rings (SSSR count). The Hall–Kier alpha value is -2.77. The van der Waals surface area contributed by atoms with Gasteiger partial charge in [-0.15, -0.1) is 0 Å². The van der Waals surface area contributed by atoms with Gasteiger partial charge in [0.1, 0.15) is 0 Å². The van der Waals surface area contributed by atoms with Crippen LogP contribution in [0.2, 0.25) is 10.0 Å². The molecule has 9 heteroatoms. The van der Waals surface area contributed by atoms with E-state index in [1.165, 1.54) is 0 Å². The standard InChI is InChI=1S/C15H14Cl2N6O/c16-9-1-7(13(18)19)3-11(5-9)22-15(24)23-12-4-8(14(20)21)2-10(17)6-12/h1-6H,(H3,18,19)(H3,20,21)(H2,22,23,24)/p+2. The van der Waals surface area contributed by atoms with Gasteiger partial charge >= 0.3 is 6.03 Å². The molecule has 0 heterocycles. The number of nitrogens with two attached hydrogens (primary N) is 4. The quantitative estimate of drug-likeness (QED) is 0.322. The van der Waals surface area contributed by atoms with Crippen molar-refractivity contribution in [1.82, 2.24) is 0 Å². The van der Waals surface area contributed by atoms with Crippen LogP contribution in [0, 0.1) is 0 Å². The van der Waals surface area contributed by atoms with Crippen LogP contribution in [0.25, 0.3) is 0 Å². The minimum Gasteiger partial charge on any atom is -0.308 e. The van der Waals surface area contributed by atoms with Crippen LogP contribution in [-0.4, -0.2) is 17.7 Å². The number of rotatable bonds is 4. The van der Waals surface area contributed by atoms with E-state index in [1.54, 1.807) is 36.4 Å². The second kappa shape index (κ2) is 7.20. The van der Waals surface area contributed by atoms with Crippen LogP contribution in [-0.2, 0) is 0 Å². The SMILES string of the molecule is NC(=[NH2+])c1cc(Cl)cc(NC(=O)Nc2cc(Cl)cc(C(N)=[NH2+])c2)c1. The summed E-state index contributed by atoms with van der Waals surface area (Å²) in [4.78, 5) is 12.1. The van der Waals surface area contributed by atoms with Crippen LogP contribution < -0.4 is 32.9 Å². The highest BCUT2D eigenvalue weighted by Crippen LogP contribution is 2.21. The predicted molar refractivity (Wildman–Crippen MR) is 96.0 cm³/mol. The summed E-state index contributed by atoms with van der Waals surface area (Å²) in [6, 6.07) is 8.96. The number of carbonyl (C=O) groups excluding carboxylic acids is 1. The summed E-state index contributed by atoms with van der Waals surface area (Å²) in [7, 11) is 0. The molecule has 124 valence electrons. The Labute approximate surface area is 148 Å². The van der Waals surface area contributed by atoms with Gasteiger partial charge in [0.2, 0.25) is 0 Å². The molecule has 0 atom stereocenters. The molecule has 10 N–H and O–H groups in total. The Morgan fingerprint density at radius 1 is 0.792 bits per heavy atom. The van der Waals surface area contributed by atoms with Crippen LogP contribution in [0.5, 0.6) is 0 Å². The van der Waals surface area contributed by atoms with Gasteiger partial charge in [-0.2, -0.15) is 0 Å². The smallest absolute Gasteiger partial charge is 0.308 e. The molecule has 0 spiro atoms. The molecule has 0 saturated carbocycles. The van der Waals surface area contributed by atoms with Crippen molar-refractivity contribution in [3.05, 3.63) is 57.6 Å². The van der Waals surface area contributed by atoms with Gasteiger partial charge in [-0.25, -0.2) is 4.79 Å². The highest BCUT2D eigenvalue weighted by atomic mass is 35.5. The second-order valence-corrected chi connectivity index (χ2v) is 5.82. The third kappa shape index (κ3) is 4.61. The fourth-order valence-corrected chi connectivity index (χ4v) is 2.42. The first kappa shape index (κ1) is 17.6. The number of amides is 2. The first-order valence-corrected chi connectivity index (χ1v) is 7.46. The number of carbonyl (C=O) groups is 1. The molecule has 2 amide bonds. The highest BCUT2D eigenvalue weighted by Gasteiger charge is 2.10. The topological polar surface area (TPSA) is 144 Å². The van der Waals surface area contributed by atoms with E-state index in [1.807, 2.05) is 0 Å². The Bertz CT molecular complexity index is 769. The number of hydrogen-bond acceptors (Lipinski definition) is 1. The average molecular weight is 367 g/mol.